The summed E-state index contributed by atoms with van der Waals surface area (Å²) in [5, 5.41) is 11.8. The minimum atomic E-state index is -0.897. The van der Waals surface area contributed by atoms with Crippen LogP contribution < -0.4 is 5.32 Å². The molecule has 2 fully saturated rings. The first-order chi connectivity index (χ1) is 7.51. The minimum absolute atomic E-state index is 0.000949. The van der Waals surface area contributed by atoms with Crippen molar-refractivity contribution in [2.75, 3.05) is 13.1 Å². The van der Waals surface area contributed by atoms with Crippen LogP contribution in [0.5, 0.6) is 0 Å². The molecule has 5 heteroatoms. The van der Waals surface area contributed by atoms with Gasteiger partial charge in [0, 0.05) is 24.5 Å². The van der Waals surface area contributed by atoms with Crippen molar-refractivity contribution in [2.45, 2.75) is 38.6 Å². The molecule has 1 aliphatic heterocycles. The third kappa shape index (κ3) is 1.99. The highest BCUT2D eigenvalue weighted by Gasteiger charge is 2.40. The number of amides is 2. The molecule has 1 aliphatic carbocycles. The summed E-state index contributed by atoms with van der Waals surface area (Å²) in [6, 6.07) is 0.000949. The topological polar surface area (TPSA) is 69.6 Å². The Morgan fingerprint density at radius 3 is 2.56 bits per heavy atom. The van der Waals surface area contributed by atoms with Crippen molar-refractivity contribution in [3.05, 3.63) is 0 Å². The maximum absolute atomic E-state index is 11.9. The van der Waals surface area contributed by atoms with Crippen LogP contribution in [0.4, 0.5) is 4.79 Å². The summed E-state index contributed by atoms with van der Waals surface area (Å²) < 4.78 is 0. The molecule has 2 N–H and O–H groups in total. The number of nitrogens with zero attached hydrogens (tertiary/aromatic N) is 1. The molecule has 1 heterocycles. The molecule has 5 nitrogen and oxygen atoms in total. The van der Waals surface area contributed by atoms with Crippen molar-refractivity contribution in [1.29, 1.82) is 0 Å². The lowest BCUT2D eigenvalue weighted by Gasteiger charge is -2.37. The predicted molar refractivity (Wildman–Crippen MR) is 58.1 cm³/mol. The number of nitrogens with one attached hydrogen (secondary N) is 1. The van der Waals surface area contributed by atoms with E-state index in [1.165, 1.54) is 4.90 Å². The number of hydrogen-bond donors (Lipinski definition) is 2. The summed E-state index contributed by atoms with van der Waals surface area (Å²) in [5.41, 5.74) is -0.198. The number of likely N-dealkylation sites (tertiary alicyclic amines) is 1. The fourth-order valence-electron chi connectivity index (χ4n) is 2.35. The Kier molecular flexibility index (Phi) is 2.78. The highest BCUT2D eigenvalue weighted by Crippen LogP contribution is 2.40. The Labute approximate surface area is 94.8 Å². The van der Waals surface area contributed by atoms with Crippen molar-refractivity contribution in [3.8, 4) is 0 Å². The van der Waals surface area contributed by atoms with Crippen molar-refractivity contribution in [2.24, 2.45) is 5.41 Å². The normalized spacial score (nSPS) is 27.3. The second kappa shape index (κ2) is 3.96. The van der Waals surface area contributed by atoms with Crippen molar-refractivity contribution < 1.29 is 14.7 Å². The zero-order valence-corrected chi connectivity index (χ0v) is 9.53. The van der Waals surface area contributed by atoms with Crippen LogP contribution in [0.3, 0.4) is 0 Å². The molecule has 90 valence electrons. The number of hydrogen-bond acceptors (Lipinski definition) is 2. The summed E-state index contributed by atoms with van der Waals surface area (Å²) in [6.45, 7) is 2.93. The van der Waals surface area contributed by atoms with Crippen LogP contribution in [0.25, 0.3) is 0 Å². The molecule has 0 bridgehead atoms. The first-order valence-corrected chi connectivity index (χ1v) is 5.80. The van der Waals surface area contributed by atoms with E-state index in [9.17, 15) is 9.59 Å². The van der Waals surface area contributed by atoms with E-state index >= 15 is 0 Å². The number of rotatable bonds is 2. The van der Waals surface area contributed by atoms with Gasteiger partial charge in [-0.15, -0.1) is 0 Å². The smallest absolute Gasteiger partial charge is 0.407 e. The molecule has 0 aromatic rings. The first-order valence-electron chi connectivity index (χ1n) is 5.80. The lowest BCUT2D eigenvalue weighted by Crippen LogP contribution is -2.48. The van der Waals surface area contributed by atoms with Gasteiger partial charge in [0.25, 0.3) is 0 Å². The lowest BCUT2D eigenvalue weighted by atomic mass is 9.70. The number of carbonyl (C=O) groups is 2. The summed E-state index contributed by atoms with van der Waals surface area (Å²) >= 11 is 0. The second-order valence-corrected chi connectivity index (χ2v) is 5.10. The maximum atomic E-state index is 11.9. The van der Waals surface area contributed by atoms with Gasteiger partial charge in [0.05, 0.1) is 0 Å². The molecule has 2 amide bonds. The molecule has 2 rings (SSSR count). The monoisotopic (exact) mass is 226 g/mol. The fraction of sp³-hybridized carbons (Fsp3) is 0.818. The van der Waals surface area contributed by atoms with Gasteiger partial charge in [0.15, 0.2) is 0 Å². The van der Waals surface area contributed by atoms with E-state index in [4.69, 9.17) is 5.11 Å². The third-order valence-electron chi connectivity index (χ3n) is 3.80. The van der Waals surface area contributed by atoms with E-state index in [2.05, 4.69) is 5.32 Å². The largest absolute Gasteiger partial charge is 0.465 e. The van der Waals surface area contributed by atoms with E-state index in [1.54, 1.807) is 0 Å². The van der Waals surface area contributed by atoms with Crippen molar-refractivity contribution in [1.82, 2.24) is 10.2 Å². The van der Waals surface area contributed by atoms with E-state index in [1.807, 2.05) is 6.92 Å². The molecular weight excluding hydrogens is 208 g/mol. The van der Waals surface area contributed by atoms with Gasteiger partial charge in [-0.1, -0.05) is 13.3 Å². The van der Waals surface area contributed by atoms with Crippen LogP contribution in [0, 0.1) is 5.41 Å². The van der Waals surface area contributed by atoms with Gasteiger partial charge in [-0.05, 0) is 19.3 Å². The van der Waals surface area contributed by atoms with Crippen LogP contribution in [0.15, 0.2) is 0 Å². The molecule has 16 heavy (non-hydrogen) atoms. The zero-order valence-electron chi connectivity index (χ0n) is 9.53. The zero-order chi connectivity index (χ0) is 11.8. The van der Waals surface area contributed by atoms with Gasteiger partial charge in [0.1, 0.15) is 0 Å². The maximum Gasteiger partial charge on any atom is 0.407 e. The fourth-order valence-corrected chi connectivity index (χ4v) is 2.35. The van der Waals surface area contributed by atoms with Gasteiger partial charge in [-0.25, -0.2) is 4.79 Å². The molecule has 1 saturated heterocycles. The number of carbonyl (C=O) groups excluding carboxylic acids is 1. The van der Waals surface area contributed by atoms with Crippen LogP contribution in [-0.4, -0.2) is 41.1 Å². The van der Waals surface area contributed by atoms with Gasteiger partial charge in [0.2, 0.25) is 5.91 Å². The highest BCUT2D eigenvalue weighted by molar-refractivity contribution is 5.83. The average Bonchev–Trinajstić information content (AvgIpc) is 2.62. The minimum Gasteiger partial charge on any atom is -0.465 e. The number of carboxylic acid groups (broad SMARTS) is 1. The summed E-state index contributed by atoms with van der Waals surface area (Å²) in [5.74, 6) is 0.0935. The molecular formula is C11H18N2O3. The van der Waals surface area contributed by atoms with E-state index in [-0.39, 0.29) is 17.4 Å². The summed E-state index contributed by atoms with van der Waals surface area (Å²) in [6.07, 6.45) is 2.86. The molecule has 2 aliphatic rings. The Bertz CT molecular complexity index is 312. The Balaban J connectivity index is 1.83. The van der Waals surface area contributed by atoms with Crippen LogP contribution in [0.2, 0.25) is 0 Å². The van der Waals surface area contributed by atoms with E-state index < -0.39 is 6.09 Å². The standard InChI is InChI=1S/C11H18N2O3/c1-11(4-2-5-11)9(14)12-8-3-6-13(7-8)10(15)16/h8H,2-7H2,1H3,(H,12,14)(H,15,16)/t8-/m0/s1. The molecule has 0 aromatic carbocycles. The van der Waals surface area contributed by atoms with Crippen LogP contribution in [-0.2, 0) is 4.79 Å². The van der Waals surface area contributed by atoms with E-state index in [0.717, 1.165) is 25.7 Å². The van der Waals surface area contributed by atoms with Crippen LogP contribution >= 0.6 is 0 Å². The van der Waals surface area contributed by atoms with Crippen molar-refractivity contribution >= 4 is 12.0 Å². The third-order valence-corrected chi connectivity index (χ3v) is 3.80. The van der Waals surface area contributed by atoms with Gasteiger partial charge in [-0.3, -0.25) is 4.79 Å². The molecule has 0 unspecified atom stereocenters. The molecule has 0 aromatic heterocycles. The molecule has 1 saturated carbocycles. The molecule has 0 radical (unpaired) electrons. The molecule has 1 atom stereocenters. The van der Waals surface area contributed by atoms with Crippen LogP contribution in [0.1, 0.15) is 32.6 Å². The van der Waals surface area contributed by atoms with Gasteiger partial charge < -0.3 is 15.3 Å². The SMILES string of the molecule is CC1(C(=O)N[C@H]2CCN(C(=O)O)C2)CCC1. The second-order valence-electron chi connectivity index (χ2n) is 5.10. The lowest BCUT2D eigenvalue weighted by molar-refractivity contribution is -0.135. The molecule has 0 spiro atoms. The Morgan fingerprint density at radius 2 is 2.12 bits per heavy atom. The quantitative estimate of drug-likeness (QED) is 0.739. The van der Waals surface area contributed by atoms with Crippen molar-refractivity contribution in [3.63, 3.8) is 0 Å². The predicted octanol–water partition coefficient (Wildman–Crippen LogP) is 1.05. The Morgan fingerprint density at radius 1 is 1.44 bits per heavy atom. The summed E-state index contributed by atoms with van der Waals surface area (Å²) in [7, 11) is 0. The van der Waals surface area contributed by atoms with E-state index in [0.29, 0.717) is 13.1 Å². The average molecular weight is 226 g/mol. The summed E-state index contributed by atoms with van der Waals surface area (Å²) in [4.78, 5) is 24.0. The van der Waals surface area contributed by atoms with Gasteiger partial charge >= 0.3 is 6.09 Å². The van der Waals surface area contributed by atoms with Gasteiger partial charge in [-0.2, -0.15) is 0 Å². The Hall–Kier alpha value is -1.26. The first kappa shape index (κ1) is 11.2. The highest BCUT2D eigenvalue weighted by atomic mass is 16.4.